The number of hydrogen-bond acceptors (Lipinski definition) is 5. The highest BCUT2D eigenvalue weighted by atomic mass is 32.2. The second-order valence-corrected chi connectivity index (χ2v) is 7.30. The minimum absolute atomic E-state index is 0.150. The number of aryl methyl sites for hydroxylation is 1. The van der Waals surface area contributed by atoms with Gasteiger partial charge in [0.25, 0.3) is 0 Å². The zero-order chi connectivity index (χ0) is 14.6. The molecule has 0 fully saturated rings. The van der Waals surface area contributed by atoms with E-state index in [9.17, 15) is 8.42 Å². The van der Waals surface area contributed by atoms with Gasteiger partial charge in [-0.05, 0) is 31.2 Å². The fourth-order valence-electron chi connectivity index (χ4n) is 1.70. The van der Waals surface area contributed by atoms with E-state index in [1.165, 1.54) is 18.5 Å². The van der Waals surface area contributed by atoms with Gasteiger partial charge in [0.15, 0.2) is 0 Å². The summed E-state index contributed by atoms with van der Waals surface area (Å²) in [6.07, 6.45) is 2.56. The van der Waals surface area contributed by atoms with Gasteiger partial charge in [-0.15, -0.1) is 11.3 Å². The molecule has 0 aliphatic heterocycles. The van der Waals surface area contributed by atoms with Gasteiger partial charge in [0.1, 0.15) is 11.0 Å². The lowest BCUT2D eigenvalue weighted by Crippen LogP contribution is -2.29. The van der Waals surface area contributed by atoms with Crippen molar-refractivity contribution in [2.45, 2.75) is 17.9 Å². The van der Waals surface area contributed by atoms with E-state index in [-0.39, 0.29) is 17.5 Å². The molecule has 0 amide bonds. The minimum atomic E-state index is -3.55. The Bertz CT molecular complexity index is 653. The number of nitrogens with one attached hydrogen (secondary N) is 1. The van der Waals surface area contributed by atoms with E-state index in [1.54, 1.807) is 24.5 Å². The molecule has 20 heavy (non-hydrogen) atoms. The Hall–Kier alpha value is -1.28. The Balaban J connectivity index is 2.07. The summed E-state index contributed by atoms with van der Waals surface area (Å²) in [5, 5.41) is 0. The Labute approximate surface area is 122 Å². The predicted octanol–water partition coefficient (Wildman–Crippen LogP) is 2.12. The third-order valence-corrected chi connectivity index (χ3v) is 5.27. The molecule has 2 rings (SSSR count). The minimum Gasteiger partial charge on any atom is -0.375 e. The Morgan fingerprint density at radius 3 is 2.75 bits per heavy atom. The molecule has 0 radical (unpaired) electrons. The summed E-state index contributed by atoms with van der Waals surface area (Å²) in [7, 11) is -1.99. The second kappa shape index (κ2) is 6.45. The van der Waals surface area contributed by atoms with Crippen LogP contribution in [0.25, 0.3) is 0 Å². The molecule has 7 heteroatoms. The number of nitrogens with zero attached hydrogens (tertiary/aromatic N) is 1. The van der Waals surface area contributed by atoms with Crippen LogP contribution >= 0.6 is 11.3 Å². The van der Waals surface area contributed by atoms with E-state index < -0.39 is 10.0 Å². The van der Waals surface area contributed by atoms with Crippen LogP contribution in [0.1, 0.15) is 15.9 Å². The topological polar surface area (TPSA) is 68.3 Å². The molecule has 0 aromatic carbocycles. The van der Waals surface area contributed by atoms with E-state index in [4.69, 9.17) is 4.74 Å². The van der Waals surface area contributed by atoms with Crippen molar-refractivity contribution < 1.29 is 13.2 Å². The third kappa shape index (κ3) is 3.63. The fraction of sp³-hybridized carbons (Fsp3) is 0.308. The van der Waals surface area contributed by atoms with Crippen molar-refractivity contribution >= 4 is 21.4 Å². The zero-order valence-electron chi connectivity index (χ0n) is 11.2. The molecule has 0 bridgehead atoms. The van der Waals surface area contributed by atoms with Gasteiger partial charge in [0.2, 0.25) is 10.0 Å². The number of thiophene rings is 1. The molecule has 2 heterocycles. The summed E-state index contributed by atoms with van der Waals surface area (Å²) >= 11 is 1.59. The van der Waals surface area contributed by atoms with Crippen LogP contribution in [0.5, 0.6) is 0 Å². The maximum absolute atomic E-state index is 12.1. The molecule has 0 aliphatic carbocycles. The Morgan fingerprint density at radius 1 is 1.40 bits per heavy atom. The molecule has 5 nitrogen and oxygen atoms in total. The third-order valence-electron chi connectivity index (χ3n) is 2.77. The number of methoxy groups -OCH3 is 1. The molecule has 0 aliphatic rings. The quantitative estimate of drug-likeness (QED) is 0.887. The second-order valence-electron chi connectivity index (χ2n) is 4.21. The first-order chi connectivity index (χ1) is 9.53. The van der Waals surface area contributed by atoms with Crippen LogP contribution in [0, 0.1) is 6.92 Å². The SMILES string of the molecule is COC(CNS(=O)(=O)c1cccnc1)c1ccc(C)s1. The van der Waals surface area contributed by atoms with Crippen LogP contribution in [-0.2, 0) is 14.8 Å². The lowest BCUT2D eigenvalue weighted by atomic mass is 10.3. The van der Waals surface area contributed by atoms with Crippen molar-refractivity contribution in [3.63, 3.8) is 0 Å². The maximum Gasteiger partial charge on any atom is 0.242 e. The van der Waals surface area contributed by atoms with Gasteiger partial charge in [-0.1, -0.05) is 0 Å². The summed E-state index contributed by atoms with van der Waals surface area (Å²) in [6, 6.07) is 7.03. The van der Waals surface area contributed by atoms with Crippen molar-refractivity contribution in [1.29, 1.82) is 0 Å². The number of rotatable bonds is 6. The number of aromatic nitrogens is 1. The molecule has 0 spiro atoms. The fourth-order valence-corrected chi connectivity index (χ4v) is 3.65. The first-order valence-electron chi connectivity index (χ1n) is 6.02. The summed E-state index contributed by atoms with van der Waals surface area (Å²) < 4.78 is 32.1. The Morgan fingerprint density at radius 2 is 2.20 bits per heavy atom. The summed E-state index contributed by atoms with van der Waals surface area (Å²) in [5.41, 5.74) is 0. The smallest absolute Gasteiger partial charge is 0.242 e. The first kappa shape index (κ1) is 15.1. The van der Waals surface area contributed by atoms with Crippen molar-refractivity contribution in [3.8, 4) is 0 Å². The van der Waals surface area contributed by atoms with Gasteiger partial charge >= 0.3 is 0 Å². The molecule has 1 N–H and O–H groups in total. The predicted molar refractivity (Wildman–Crippen MR) is 78.2 cm³/mol. The van der Waals surface area contributed by atoms with Crippen molar-refractivity contribution in [3.05, 3.63) is 46.4 Å². The summed E-state index contributed by atoms with van der Waals surface area (Å²) in [6.45, 7) is 2.19. The monoisotopic (exact) mass is 312 g/mol. The highest BCUT2D eigenvalue weighted by Crippen LogP contribution is 2.24. The Kier molecular flexibility index (Phi) is 4.87. The molecular weight excluding hydrogens is 296 g/mol. The van der Waals surface area contributed by atoms with Crippen LogP contribution in [0.2, 0.25) is 0 Å². The van der Waals surface area contributed by atoms with Crippen LogP contribution in [0.4, 0.5) is 0 Å². The lowest BCUT2D eigenvalue weighted by molar-refractivity contribution is 0.110. The lowest BCUT2D eigenvalue weighted by Gasteiger charge is -2.14. The standard InChI is InChI=1S/C13H16N2O3S2/c1-10-5-6-13(19-10)12(18-2)9-15-20(16,17)11-4-3-7-14-8-11/h3-8,12,15H,9H2,1-2H3. The normalized spacial score (nSPS) is 13.3. The van der Waals surface area contributed by atoms with Crippen LogP contribution in [-0.4, -0.2) is 27.1 Å². The van der Waals surface area contributed by atoms with E-state index in [0.29, 0.717) is 0 Å². The van der Waals surface area contributed by atoms with Crippen molar-refractivity contribution in [1.82, 2.24) is 9.71 Å². The van der Waals surface area contributed by atoms with Gasteiger partial charge < -0.3 is 4.74 Å². The molecular formula is C13H16N2O3S2. The average molecular weight is 312 g/mol. The molecule has 1 unspecified atom stereocenters. The van der Waals surface area contributed by atoms with E-state index in [0.717, 1.165) is 9.75 Å². The van der Waals surface area contributed by atoms with Gasteiger partial charge in [-0.25, -0.2) is 13.1 Å². The average Bonchev–Trinajstić information content (AvgIpc) is 2.87. The van der Waals surface area contributed by atoms with E-state index >= 15 is 0 Å². The summed E-state index contributed by atoms with van der Waals surface area (Å²) in [5.74, 6) is 0. The number of pyridine rings is 1. The van der Waals surface area contributed by atoms with Gasteiger partial charge in [-0.3, -0.25) is 4.98 Å². The molecule has 2 aromatic rings. The highest BCUT2D eigenvalue weighted by molar-refractivity contribution is 7.89. The van der Waals surface area contributed by atoms with E-state index in [2.05, 4.69) is 9.71 Å². The molecule has 108 valence electrons. The van der Waals surface area contributed by atoms with Crippen LogP contribution in [0.15, 0.2) is 41.6 Å². The molecule has 2 aromatic heterocycles. The largest absolute Gasteiger partial charge is 0.375 e. The van der Waals surface area contributed by atoms with Crippen LogP contribution < -0.4 is 4.72 Å². The highest BCUT2D eigenvalue weighted by Gasteiger charge is 2.18. The summed E-state index contributed by atoms with van der Waals surface area (Å²) in [4.78, 5) is 6.12. The number of hydrogen-bond donors (Lipinski definition) is 1. The number of sulfonamides is 1. The van der Waals surface area contributed by atoms with Gasteiger partial charge in [0, 0.05) is 35.8 Å². The molecule has 0 saturated carbocycles. The maximum atomic E-state index is 12.1. The molecule has 0 saturated heterocycles. The molecule has 1 atom stereocenters. The van der Waals surface area contributed by atoms with Crippen LogP contribution in [0.3, 0.4) is 0 Å². The van der Waals surface area contributed by atoms with E-state index in [1.807, 2.05) is 19.1 Å². The van der Waals surface area contributed by atoms with Crippen molar-refractivity contribution in [2.75, 3.05) is 13.7 Å². The first-order valence-corrected chi connectivity index (χ1v) is 8.32. The zero-order valence-corrected chi connectivity index (χ0v) is 12.9. The number of ether oxygens (including phenoxy) is 1. The van der Waals surface area contributed by atoms with Gasteiger partial charge in [0.05, 0.1) is 0 Å². The van der Waals surface area contributed by atoms with Gasteiger partial charge in [-0.2, -0.15) is 0 Å². The van der Waals surface area contributed by atoms with Crippen molar-refractivity contribution in [2.24, 2.45) is 0 Å².